The van der Waals surface area contributed by atoms with Crippen LogP contribution in [0.2, 0.25) is 0 Å². The molecular formula is C31H52O6. The molecule has 1 rings (SSSR count). The summed E-state index contributed by atoms with van der Waals surface area (Å²) in [5, 5.41) is 8.62. The molecule has 212 valence electrons. The maximum Gasteiger partial charge on any atom is 0.303 e. The number of carbonyl (C=O) groups is 3. The summed E-state index contributed by atoms with van der Waals surface area (Å²) in [5.41, 5.74) is 1.07. The zero-order valence-electron chi connectivity index (χ0n) is 23.8. The van der Waals surface area contributed by atoms with Crippen LogP contribution in [0.4, 0.5) is 0 Å². The smallest absolute Gasteiger partial charge is 0.303 e. The minimum Gasteiger partial charge on any atom is -0.489 e. The first-order valence-corrected chi connectivity index (χ1v) is 14.8. The number of carbonyl (C=O) groups excluding carboxylic acids is 2. The van der Waals surface area contributed by atoms with E-state index < -0.39 is 5.97 Å². The maximum atomic E-state index is 12.6. The molecule has 37 heavy (non-hydrogen) atoms. The zero-order valence-corrected chi connectivity index (χ0v) is 23.8. The average molecular weight is 521 g/mol. The van der Waals surface area contributed by atoms with Gasteiger partial charge >= 0.3 is 5.97 Å². The molecule has 1 aliphatic carbocycles. The number of unbranched alkanes of at least 4 members (excludes halogenated alkanes) is 18. The number of carboxylic acid groups (broad SMARTS) is 1. The number of hydrogen-bond donors (Lipinski definition) is 1. The van der Waals surface area contributed by atoms with Crippen molar-refractivity contribution < 1.29 is 29.0 Å². The molecule has 0 aromatic heterocycles. The predicted octanol–water partition coefficient (Wildman–Crippen LogP) is 8.24. The summed E-state index contributed by atoms with van der Waals surface area (Å²) in [7, 11) is 2.79. The molecular weight excluding hydrogens is 468 g/mol. The van der Waals surface area contributed by atoms with Gasteiger partial charge in [0.05, 0.1) is 14.2 Å². The molecule has 0 saturated carbocycles. The van der Waals surface area contributed by atoms with Crippen molar-refractivity contribution in [2.24, 2.45) is 0 Å². The molecule has 1 N–H and O–H groups in total. The largest absolute Gasteiger partial charge is 0.489 e. The van der Waals surface area contributed by atoms with Crippen LogP contribution in [0.15, 0.2) is 22.7 Å². The van der Waals surface area contributed by atoms with E-state index in [-0.39, 0.29) is 23.1 Å². The Bertz CT molecular complexity index is 749. The molecule has 0 unspecified atom stereocenters. The molecule has 0 saturated heterocycles. The number of hydrogen-bond acceptors (Lipinski definition) is 5. The molecule has 0 aromatic rings. The Morgan fingerprint density at radius 1 is 0.568 bits per heavy atom. The van der Waals surface area contributed by atoms with E-state index in [0.29, 0.717) is 24.0 Å². The highest BCUT2D eigenvalue weighted by Crippen LogP contribution is 2.29. The second kappa shape index (κ2) is 20.9. The van der Waals surface area contributed by atoms with Crippen LogP contribution in [0.5, 0.6) is 0 Å². The zero-order chi connectivity index (χ0) is 27.3. The van der Waals surface area contributed by atoms with E-state index in [2.05, 4.69) is 0 Å². The maximum absolute atomic E-state index is 12.6. The molecule has 0 atom stereocenters. The van der Waals surface area contributed by atoms with Crippen molar-refractivity contribution in [1.82, 2.24) is 0 Å². The third kappa shape index (κ3) is 13.8. The quantitative estimate of drug-likeness (QED) is 0.102. The van der Waals surface area contributed by atoms with E-state index >= 15 is 0 Å². The normalized spacial score (nSPS) is 14.0. The van der Waals surface area contributed by atoms with Gasteiger partial charge in [-0.1, -0.05) is 109 Å². The standard InChI is InChI=1S/C31H52O6/c1-25-26(29(35)31(37-3)30(36-2)28(25)34)23-21-19-17-15-13-11-9-7-5-4-6-8-10-12-14-16-18-20-22-24-27(32)33/h4-24H2,1-3H3,(H,32,33). The lowest BCUT2D eigenvalue weighted by atomic mass is 9.89. The third-order valence-corrected chi connectivity index (χ3v) is 7.41. The Morgan fingerprint density at radius 3 is 1.24 bits per heavy atom. The van der Waals surface area contributed by atoms with Crippen LogP contribution in [0.1, 0.15) is 142 Å². The van der Waals surface area contributed by atoms with Crippen LogP contribution in [-0.2, 0) is 23.9 Å². The number of methoxy groups -OCH3 is 2. The average Bonchev–Trinajstić information content (AvgIpc) is 2.88. The molecule has 1 aliphatic rings. The van der Waals surface area contributed by atoms with E-state index in [9.17, 15) is 14.4 Å². The van der Waals surface area contributed by atoms with Crippen LogP contribution in [0, 0.1) is 0 Å². The fraction of sp³-hybridized carbons (Fsp3) is 0.774. The van der Waals surface area contributed by atoms with Crippen LogP contribution in [-0.4, -0.2) is 36.9 Å². The van der Waals surface area contributed by atoms with Crippen molar-refractivity contribution in [2.45, 2.75) is 142 Å². The first-order chi connectivity index (χ1) is 17.9. The molecule has 6 heteroatoms. The van der Waals surface area contributed by atoms with Crippen molar-refractivity contribution in [2.75, 3.05) is 14.2 Å². The number of carboxylic acids is 1. The van der Waals surface area contributed by atoms with Crippen LogP contribution < -0.4 is 0 Å². The van der Waals surface area contributed by atoms with Crippen LogP contribution in [0.3, 0.4) is 0 Å². The lowest BCUT2D eigenvalue weighted by molar-refractivity contribution is -0.137. The van der Waals surface area contributed by atoms with Gasteiger partial charge in [-0.2, -0.15) is 0 Å². The van der Waals surface area contributed by atoms with Crippen LogP contribution in [0.25, 0.3) is 0 Å². The van der Waals surface area contributed by atoms with E-state index in [1.165, 1.54) is 111 Å². The molecule has 0 bridgehead atoms. The van der Waals surface area contributed by atoms with E-state index in [4.69, 9.17) is 14.6 Å². The SMILES string of the molecule is COC1=C(OC)C(=O)C(CCCCCCCCCCCCCCCCCCCCCC(=O)O)=C(C)C1=O. The van der Waals surface area contributed by atoms with Crippen molar-refractivity contribution in [1.29, 1.82) is 0 Å². The van der Waals surface area contributed by atoms with E-state index in [0.717, 1.165) is 25.7 Å². The Balaban J connectivity index is 1.91. The van der Waals surface area contributed by atoms with Gasteiger partial charge in [0.2, 0.25) is 23.1 Å². The molecule has 0 heterocycles. The van der Waals surface area contributed by atoms with Crippen molar-refractivity contribution in [3.8, 4) is 0 Å². The number of rotatable bonds is 24. The molecule has 0 spiro atoms. The Labute approximate surface area is 225 Å². The summed E-state index contributed by atoms with van der Waals surface area (Å²) in [6.45, 7) is 1.71. The van der Waals surface area contributed by atoms with Crippen molar-refractivity contribution in [3.05, 3.63) is 22.7 Å². The summed E-state index contributed by atoms with van der Waals surface area (Å²) in [6.07, 6.45) is 24.3. The summed E-state index contributed by atoms with van der Waals surface area (Å²) in [6, 6.07) is 0. The Hall–Kier alpha value is -2.11. The summed E-state index contributed by atoms with van der Waals surface area (Å²) in [5.74, 6) is -1.08. The molecule has 0 amide bonds. The molecule has 0 aromatic carbocycles. The lowest BCUT2D eigenvalue weighted by Crippen LogP contribution is -2.25. The molecule has 0 radical (unpaired) electrons. The summed E-state index contributed by atoms with van der Waals surface area (Å²) in [4.78, 5) is 35.5. The molecule has 0 aliphatic heterocycles. The number of ether oxygens (including phenoxy) is 2. The highest BCUT2D eigenvalue weighted by atomic mass is 16.5. The number of allylic oxidation sites excluding steroid dienone is 2. The summed E-state index contributed by atoms with van der Waals surface area (Å²) >= 11 is 0. The van der Waals surface area contributed by atoms with E-state index in [1.54, 1.807) is 6.92 Å². The van der Waals surface area contributed by atoms with Crippen molar-refractivity contribution >= 4 is 17.5 Å². The van der Waals surface area contributed by atoms with Gasteiger partial charge in [-0.25, -0.2) is 0 Å². The second-order valence-electron chi connectivity index (χ2n) is 10.4. The van der Waals surface area contributed by atoms with Gasteiger partial charge in [0.15, 0.2) is 0 Å². The number of ketones is 2. The van der Waals surface area contributed by atoms with Crippen molar-refractivity contribution in [3.63, 3.8) is 0 Å². The third-order valence-electron chi connectivity index (χ3n) is 7.41. The van der Waals surface area contributed by atoms with Gasteiger partial charge in [0.1, 0.15) is 0 Å². The fourth-order valence-corrected chi connectivity index (χ4v) is 5.08. The Kier molecular flexibility index (Phi) is 18.6. The lowest BCUT2D eigenvalue weighted by Gasteiger charge is -2.20. The molecule has 0 fully saturated rings. The van der Waals surface area contributed by atoms with Gasteiger partial charge in [-0.3, -0.25) is 14.4 Å². The Morgan fingerprint density at radius 2 is 0.892 bits per heavy atom. The first-order valence-electron chi connectivity index (χ1n) is 14.8. The second-order valence-corrected chi connectivity index (χ2v) is 10.4. The van der Waals surface area contributed by atoms with E-state index in [1.807, 2.05) is 0 Å². The molecule has 6 nitrogen and oxygen atoms in total. The highest BCUT2D eigenvalue weighted by molar-refractivity contribution is 6.23. The minimum atomic E-state index is -0.673. The first kappa shape index (κ1) is 32.9. The highest BCUT2D eigenvalue weighted by Gasteiger charge is 2.34. The monoisotopic (exact) mass is 520 g/mol. The number of aliphatic carboxylic acids is 1. The van der Waals surface area contributed by atoms with Gasteiger partial charge in [-0.15, -0.1) is 0 Å². The van der Waals surface area contributed by atoms with Crippen LogP contribution >= 0.6 is 0 Å². The topological polar surface area (TPSA) is 89.9 Å². The van der Waals surface area contributed by atoms with Gasteiger partial charge < -0.3 is 14.6 Å². The van der Waals surface area contributed by atoms with Gasteiger partial charge in [0, 0.05) is 17.6 Å². The van der Waals surface area contributed by atoms with Gasteiger partial charge in [0.25, 0.3) is 0 Å². The number of Topliss-reactive ketones (excluding diaryl/α,β-unsaturated/α-hetero) is 2. The minimum absolute atomic E-state index is 0.0171. The fourth-order valence-electron chi connectivity index (χ4n) is 5.08. The predicted molar refractivity (Wildman–Crippen MR) is 148 cm³/mol. The summed E-state index contributed by atoms with van der Waals surface area (Å²) < 4.78 is 10.2. The van der Waals surface area contributed by atoms with Gasteiger partial charge in [-0.05, 0) is 26.2 Å².